The molecule has 0 aromatic carbocycles. The van der Waals surface area contributed by atoms with Gasteiger partial charge in [0.2, 0.25) is 0 Å². The molecule has 0 aromatic rings. The molecule has 0 rings (SSSR count). The lowest BCUT2D eigenvalue weighted by Gasteiger charge is -2.19. The molecule has 0 saturated heterocycles. The minimum absolute atomic E-state index is 0.0177. The Morgan fingerprint density at radius 3 is 1.79 bits per heavy atom. The van der Waals surface area contributed by atoms with Crippen molar-refractivity contribution >= 4 is 5.97 Å². The Labute approximate surface area is 177 Å². The minimum Gasteiger partial charge on any atom is -0.466 e. The van der Waals surface area contributed by atoms with Gasteiger partial charge in [-0.25, -0.2) is 0 Å². The van der Waals surface area contributed by atoms with Crippen molar-refractivity contribution in [1.82, 2.24) is 4.90 Å². The van der Waals surface area contributed by atoms with Crippen molar-refractivity contribution in [3.8, 4) is 0 Å². The summed E-state index contributed by atoms with van der Waals surface area (Å²) in [6.45, 7) is 8.70. The van der Waals surface area contributed by atoms with E-state index in [1.54, 1.807) is 0 Å². The van der Waals surface area contributed by atoms with Gasteiger partial charge in [0.05, 0.1) is 6.61 Å². The lowest BCUT2D eigenvalue weighted by atomic mass is 9.86. The van der Waals surface area contributed by atoms with Crippen molar-refractivity contribution < 1.29 is 9.53 Å². The van der Waals surface area contributed by atoms with E-state index >= 15 is 0 Å². The predicted molar refractivity (Wildman–Crippen MR) is 123 cm³/mol. The van der Waals surface area contributed by atoms with Crippen molar-refractivity contribution in [2.75, 3.05) is 27.2 Å². The molecule has 3 nitrogen and oxygen atoms in total. The lowest BCUT2D eigenvalue weighted by Crippen LogP contribution is -2.16. The zero-order valence-electron chi connectivity index (χ0n) is 19.9. The summed E-state index contributed by atoms with van der Waals surface area (Å²) in [6, 6.07) is 0. The molecule has 0 saturated carbocycles. The van der Waals surface area contributed by atoms with Gasteiger partial charge in [0.25, 0.3) is 0 Å². The van der Waals surface area contributed by atoms with Crippen LogP contribution in [-0.4, -0.2) is 38.1 Å². The van der Waals surface area contributed by atoms with Crippen LogP contribution in [0, 0.1) is 11.8 Å². The van der Waals surface area contributed by atoms with Crippen LogP contribution in [-0.2, 0) is 9.53 Å². The van der Waals surface area contributed by atoms with E-state index in [-0.39, 0.29) is 5.97 Å². The third-order valence-electron chi connectivity index (χ3n) is 6.04. The topological polar surface area (TPSA) is 29.5 Å². The summed E-state index contributed by atoms with van der Waals surface area (Å²) in [5, 5.41) is 0. The molecular formula is C25H51NO2. The summed E-state index contributed by atoms with van der Waals surface area (Å²) in [4.78, 5) is 13.8. The van der Waals surface area contributed by atoms with Crippen LogP contribution in [0.3, 0.4) is 0 Å². The van der Waals surface area contributed by atoms with Crippen molar-refractivity contribution in [2.45, 2.75) is 117 Å². The van der Waals surface area contributed by atoms with Crippen LogP contribution in [0.2, 0.25) is 0 Å². The summed E-state index contributed by atoms with van der Waals surface area (Å²) in [5.41, 5.74) is 0. The van der Waals surface area contributed by atoms with Crippen molar-refractivity contribution in [2.24, 2.45) is 11.8 Å². The van der Waals surface area contributed by atoms with Crippen molar-refractivity contribution in [1.29, 1.82) is 0 Å². The quantitative estimate of drug-likeness (QED) is 0.160. The highest BCUT2D eigenvalue weighted by molar-refractivity contribution is 5.69. The Morgan fingerprint density at radius 2 is 1.25 bits per heavy atom. The number of carbonyl (C=O) groups excluding carboxylic acids is 1. The second-order valence-corrected chi connectivity index (χ2v) is 9.19. The highest BCUT2D eigenvalue weighted by atomic mass is 16.5. The van der Waals surface area contributed by atoms with Crippen molar-refractivity contribution in [3.05, 3.63) is 0 Å². The number of ether oxygens (including phenoxy) is 1. The minimum atomic E-state index is -0.0177. The molecule has 28 heavy (non-hydrogen) atoms. The first-order valence-electron chi connectivity index (χ1n) is 12.3. The van der Waals surface area contributed by atoms with Gasteiger partial charge in [-0.1, -0.05) is 97.8 Å². The summed E-state index contributed by atoms with van der Waals surface area (Å²) in [5.74, 6) is 1.71. The van der Waals surface area contributed by atoms with Gasteiger partial charge in [0.1, 0.15) is 0 Å². The second-order valence-electron chi connectivity index (χ2n) is 9.19. The molecule has 0 heterocycles. The predicted octanol–water partition coefficient (Wildman–Crippen LogP) is 7.23. The van der Waals surface area contributed by atoms with Gasteiger partial charge in [-0.05, 0) is 38.8 Å². The average molecular weight is 398 g/mol. The third kappa shape index (κ3) is 18.8. The Kier molecular flexibility index (Phi) is 19.3. The SMILES string of the molecule is CCCCCCCCC(C)C(C)CCCCCCCC(=O)OCCCN(C)C. The fourth-order valence-corrected chi connectivity index (χ4v) is 3.72. The highest BCUT2D eigenvalue weighted by Crippen LogP contribution is 2.24. The molecule has 0 radical (unpaired) electrons. The Balaban J connectivity index is 3.43. The molecule has 2 atom stereocenters. The number of hydrogen-bond donors (Lipinski definition) is 0. The molecule has 3 heteroatoms. The fraction of sp³-hybridized carbons (Fsp3) is 0.960. The van der Waals surface area contributed by atoms with Crippen molar-refractivity contribution in [3.63, 3.8) is 0 Å². The van der Waals surface area contributed by atoms with E-state index in [9.17, 15) is 4.79 Å². The third-order valence-corrected chi connectivity index (χ3v) is 6.04. The first-order chi connectivity index (χ1) is 13.5. The van der Waals surface area contributed by atoms with Crippen LogP contribution in [0.15, 0.2) is 0 Å². The van der Waals surface area contributed by atoms with Crippen LogP contribution in [0.4, 0.5) is 0 Å². The van der Waals surface area contributed by atoms with E-state index in [4.69, 9.17) is 4.74 Å². The molecule has 0 spiro atoms. The smallest absolute Gasteiger partial charge is 0.305 e. The maximum absolute atomic E-state index is 11.7. The highest BCUT2D eigenvalue weighted by Gasteiger charge is 2.11. The van der Waals surface area contributed by atoms with Crippen LogP contribution >= 0.6 is 0 Å². The van der Waals surface area contributed by atoms with E-state index in [2.05, 4.69) is 25.7 Å². The number of rotatable bonds is 20. The molecule has 168 valence electrons. The fourth-order valence-electron chi connectivity index (χ4n) is 3.72. The van der Waals surface area contributed by atoms with E-state index in [0.717, 1.165) is 37.6 Å². The van der Waals surface area contributed by atoms with E-state index in [1.807, 2.05) is 14.1 Å². The normalized spacial score (nSPS) is 13.6. The Bertz CT molecular complexity index is 343. The number of hydrogen-bond acceptors (Lipinski definition) is 3. The number of esters is 1. The van der Waals surface area contributed by atoms with Crippen LogP contribution in [0.1, 0.15) is 117 Å². The van der Waals surface area contributed by atoms with E-state index in [1.165, 1.54) is 70.6 Å². The van der Waals surface area contributed by atoms with Crippen LogP contribution in [0.25, 0.3) is 0 Å². The lowest BCUT2D eigenvalue weighted by molar-refractivity contribution is -0.143. The standard InChI is InChI=1S/C25H51NO2/c1-6-7-8-9-11-14-18-23(2)24(3)19-15-12-10-13-16-20-25(27)28-22-17-21-26(4)5/h23-24H,6-22H2,1-5H3. The van der Waals surface area contributed by atoms with Gasteiger partial charge < -0.3 is 9.64 Å². The average Bonchev–Trinajstić information content (AvgIpc) is 2.66. The maximum Gasteiger partial charge on any atom is 0.305 e. The molecule has 0 fully saturated rings. The zero-order valence-corrected chi connectivity index (χ0v) is 19.9. The summed E-state index contributed by atoms with van der Waals surface area (Å²) < 4.78 is 5.27. The Hall–Kier alpha value is -0.570. The largest absolute Gasteiger partial charge is 0.466 e. The molecule has 0 N–H and O–H groups in total. The van der Waals surface area contributed by atoms with Gasteiger partial charge in [-0.15, -0.1) is 0 Å². The molecule has 0 aliphatic carbocycles. The van der Waals surface area contributed by atoms with E-state index < -0.39 is 0 Å². The molecule has 0 aliphatic rings. The molecule has 0 aromatic heterocycles. The van der Waals surface area contributed by atoms with E-state index in [0.29, 0.717) is 13.0 Å². The number of unbranched alkanes of at least 4 members (excludes halogenated alkanes) is 9. The summed E-state index contributed by atoms with van der Waals surface area (Å²) >= 11 is 0. The van der Waals surface area contributed by atoms with Crippen LogP contribution < -0.4 is 0 Å². The molecule has 0 bridgehead atoms. The van der Waals surface area contributed by atoms with Gasteiger partial charge >= 0.3 is 5.97 Å². The summed E-state index contributed by atoms with van der Waals surface area (Å²) in [7, 11) is 4.08. The second kappa shape index (κ2) is 19.7. The maximum atomic E-state index is 11.7. The molecular weight excluding hydrogens is 346 g/mol. The number of nitrogens with zero attached hydrogens (tertiary/aromatic N) is 1. The monoisotopic (exact) mass is 397 g/mol. The molecule has 0 amide bonds. The first-order valence-corrected chi connectivity index (χ1v) is 12.3. The van der Waals surface area contributed by atoms with Gasteiger partial charge in [-0.2, -0.15) is 0 Å². The van der Waals surface area contributed by atoms with Crippen LogP contribution in [0.5, 0.6) is 0 Å². The Morgan fingerprint density at radius 1 is 0.750 bits per heavy atom. The first kappa shape index (κ1) is 27.4. The zero-order chi connectivity index (χ0) is 21.0. The molecule has 2 unspecified atom stereocenters. The summed E-state index contributed by atoms with van der Waals surface area (Å²) in [6.07, 6.45) is 18.8. The number of carbonyl (C=O) groups is 1. The molecule has 0 aliphatic heterocycles. The van der Waals surface area contributed by atoms with Gasteiger partial charge in [0.15, 0.2) is 0 Å². The van der Waals surface area contributed by atoms with Gasteiger partial charge in [-0.3, -0.25) is 4.79 Å². The van der Waals surface area contributed by atoms with Gasteiger partial charge in [0, 0.05) is 13.0 Å².